The zero-order valence-corrected chi connectivity index (χ0v) is 17.7. The van der Waals surface area contributed by atoms with Gasteiger partial charge in [0.05, 0.1) is 12.8 Å². The number of amides is 2. The number of urea groups is 1. The van der Waals surface area contributed by atoms with E-state index in [2.05, 4.69) is 15.6 Å². The van der Waals surface area contributed by atoms with E-state index >= 15 is 0 Å². The molecule has 4 aromatic rings. The molecule has 0 spiro atoms. The zero-order valence-electron chi connectivity index (χ0n) is 17.7. The monoisotopic (exact) mass is 430 g/mol. The van der Waals surface area contributed by atoms with Gasteiger partial charge >= 0.3 is 6.03 Å². The first kappa shape index (κ1) is 20.9. The molecule has 2 aromatic heterocycles. The van der Waals surface area contributed by atoms with Gasteiger partial charge in [0, 0.05) is 35.8 Å². The number of carbonyl (C=O) groups excluding carboxylic acids is 1. The molecule has 2 amide bonds. The van der Waals surface area contributed by atoms with Gasteiger partial charge in [-0.2, -0.15) is 0 Å². The van der Waals surface area contributed by atoms with E-state index < -0.39 is 6.03 Å². The average molecular weight is 430 g/mol. The number of rotatable bonds is 6. The standard InChI is InChI=1S/C24H22N4O4/c1-16-9-10-28-22(11-16)25-19(14-23(28)29)15-32-21-8-4-6-18(13-21)27-24(30)26-17-5-3-7-20(12-17)31-2/h3-14H,15H2,1-2H3,(H2,26,27,30). The van der Waals surface area contributed by atoms with Crippen LogP contribution in [0.5, 0.6) is 11.5 Å². The predicted molar refractivity (Wildman–Crippen MR) is 123 cm³/mol. The molecule has 0 fully saturated rings. The number of hydrogen-bond acceptors (Lipinski definition) is 5. The highest BCUT2D eigenvalue weighted by molar-refractivity contribution is 5.99. The number of nitrogens with one attached hydrogen (secondary N) is 2. The molecule has 0 saturated heterocycles. The second kappa shape index (κ2) is 9.22. The van der Waals surface area contributed by atoms with E-state index in [0.717, 1.165) is 5.56 Å². The second-order valence-electron chi connectivity index (χ2n) is 7.15. The predicted octanol–water partition coefficient (Wildman–Crippen LogP) is 4.23. The first-order valence-electron chi connectivity index (χ1n) is 9.94. The lowest BCUT2D eigenvalue weighted by Gasteiger charge is -2.11. The maximum absolute atomic E-state index is 12.3. The van der Waals surface area contributed by atoms with E-state index in [-0.39, 0.29) is 12.2 Å². The van der Waals surface area contributed by atoms with E-state index in [1.807, 2.05) is 19.1 Å². The fraction of sp³-hybridized carbons (Fsp3) is 0.125. The Morgan fingerprint density at radius 3 is 2.38 bits per heavy atom. The van der Waals surface area contributed by atoms with Crippen LogP contribution in [-0.2, 0) is 6.61 Å². The Bertz CT molecular complexity index is 1330. The molecule has 8 nitrogen and oxygen atoms in total. The molecule has 0 bridgehead atoms. The Kier molecular flexibility index (Phi) is 6.03. The third-order valence-corrected chi connectivity index (χ3v) is 4.68. The van der Waals surface area contributed by atoms with Gasteiger partial charge < -0.3 is 20.1 Å². The summed E-state index contributed by atoms with van der Waals surface area (Å²) in [6.45, 7) is 2.07. The van der Waals surface area contributed by atoms with Gasteiger partial charge in [0.2, 0.25) is 0 Å². The number of aromatic nitrogens is 2. The fourth-order valence-electron chi connectivity index (χ4n) is 3.14. The summed E-state index contributed by atoms with van der Waals surface area (Å²) in [6.07, 6.45) is 1.70. The lowest BCUT2D eigenvalue weighted by Crippen LogP contribution is -2.19. The second-order valence-corrected chi connectivity index (χ2v) is 7.15. The Morgan fingerprint density at radius 1 is 0.969 bits per heavy atom. The van der Waals surface area contributed by atoms with E-state index in [4.69, 9.17) is 9.47 Å². The van der Waals surface area contributed by atoms with Crippen LogP contribution in [0.2, 0.25) is 0 Å². The number of nitrogens with zero attached hydrogens (tertiary/aromatic N) is 2. The number of aryl methyl sites for hydroxylation is 1. The van der Waals surface area contributed by atoms with Gasteiger partial charge in [-0.3, -0.25) is 9.20 Å². The molecule has 0 atom stereocenters. The number of carbonyl (C=O) groups is 1. The van der Waals surface area contributed by atoms with Crippen molar-refractivity contribution in [2.24, 2.45) is 0 Å². The van der Waals surface area contributed by atoms with Crippen LogP contribution in [0.1, 0.15) is 11.3 Å². The van der Waals surface area contributed by atoms with Crippen molar-refractivity contribution in [3.8, 4) is 11.5 Å². The van der Waals surface area contributed by atoms with E-state index in [1.54, 1.807) is 61.8 Å². The Balaban J connectivity index is 1.41. The molecule has 8 heteroatoms. The van der Waals surface area contributed by atoms with Crippen molar-refractivity contribution in [1.29, 1.82) is 0 Å². The van der Waals surface area contributed by atoms with Crippen LogP contribution in [0.4, 0.5) is 16.2 Å². The number of hydrogen-bond donors (Lipinski definition) is 2. The minimum Gasteiger partial charge on any atom is -0.497 e. The van der Waals surface area contributed by atoms with Gasteiger partial charge in [0.25, 0.3) is 5.56 Å². The third-order valence-electron chi connectivity index (χ3n) is 4.68. The summed E-state index contributed by atoms with van der Waals surface area (Å²) in [5, 5.41) is 5.52. The molecule has 0 aliphatic heterocycles. The SMILES string of the molecule is COc1cccc(NC(=O)Nc2cccc(OCc3cc(=O)n4ccc(C)cc4n3)c2)c1. The molecule has 162 valence electrons. The van der Waals surface area contributed by atoms with Crippen LogP contribution in [-0.4, -0.2) is 22.5 Å². The van der Waals surface area contributed by atoms with Crippen LogP contribution >= 0.6 is 0 Å². The number of pyridine rings is 1. The minimum absolute atomic E-state index is 0.124. The first-order chi connectivity index (χ1) is 15.5. The Morgan fingerprint density at radius 2 is 1.66 bits per heavy atom. The van der Waals surface area contributed by atoms with E-state index in [1.165, 1.54) is 10.5 Å². The molecular formula is C24H22N4O4. The average Bonchev–Trinajstić information content (AvgIpc) is 2.77. The molecule has 2 heterocycles. The quantitative estimate of drug-likeness (QED) is 0.477. The summed E-state index contributed by atoms with van der Waals surface area (Å²) in [4.78, 5) is 29.1. The summed E-state index contributed by atoms with van der Waals surface area (Å²) in [5.74, 6) is 1.19. The smallest absolute Gasteiger partial charge is 0.323 e. The number of methoxy groups -OCH3 is 1. The van der Waals surface area contributed by atoms with Crippen LogP contribution in [0.25, 0.3) is 5.65 Å². The number of ether oxygens (including phenoxy) is 2. The van der Waals surface area contributed by atoms with Gasteiger partial charge in [0.15, 0.2) is 0 Å². The van der Waals surface area contributed by atoms with Crippen LogP contribution < -0.4 is 25.7 Å². The van der Waals surface area contributed by atoms with Crippen molar-refractivity contribution in [1.82, 2.24) is 9.38 Å². The van der Waals surface area contributed by atoms with Crippen molar-refractivity contribution >= 4 is 23.1 Å². The van der Waals surface area contributed by atoms with E-state index in [0.29, 0.717) is 34.2 Å². The lowest BCUT2D eigenvalue weighted by molar-refractivity contribution is 0.262. The van der Waals surface area contributed by atoms with Crippen LogP contribution in [0.15, 0.2) is 77.7 Å². The zero-order chi connectivity index (χ0) is 22.5. The topological polar surface area (TPSA) is 94.0 Å². The summed E-state index contributed by atoms with van der Waals surface area (Å²) in [7, 11) is 1.57. The molecule has 0 saturated carbocycles. The molecule has 0 unspecified atom stereocenters. The van der Waals surface area contributed by atoms with Gasteiger partial charge in [-0.15, -0.1) is 0 Å². The van der Waals surface area contributed by atoms with Gasteiger partial charge in [-0.25, -0.2) is 9.78 Å². The number of anilines is 2. The van der Waals surface area contributed by atoms with Crippen molar-refractivity contribution < 1.29 is 14.3 Å². The first-order valence-corrected chi connectivity index (χ1v) is 9.94. The van der Waals surface area contributed by atoms with Gasteiger partial charge in [-0.1, -0.05) is 12.1 Å². The van der Waals surface area contributed by atoms with Crippen LogP contribution in [0, 0.1) is 6.92 Å². The molecule has 2 aromatic carbocycles. The summed E-state index contributed by atoms with van der Waals surface area (Å²) in [6, 6.07) is 18.8. The molecule has 0 radical (unpaired) electrons. The highest BCUT2D eigenvalue weighted by Gasteiger charge is 2.07. The number of benzene rings is 2. The highest BCUT2D eigenvalue weighted by Crippen LogP contribution is 2.20. The summed E-state index contributed by atoms with van der Waals surface area (Å²) >= 11 is 0. The maximum Gasteiger partial charge on any atom is 0.323 e. The highest BCUT2D eigenvalue weighted by atomic mass is 16.5. The van der Waals surface area contributed by atoms with E-state index in [9.17, 15) is 9.59 Å². The molecule has 2 N–H and O–H groups in total. The van der Waals surface area contributed by atoms with Gasteiger partial charge in [-0.05, 0) is 48.9 Å². The van der Waals surface area contributed by atoms with Crippen molar-refractivity contribution in [2.45, 2.75) is 13.5 Å². The number of fused-ring (bicyclic) bond motifs is 1. The molecule has 4 rings (SSSR count). The molecule has 0 aliphatic rings. The summed E-state index contributed by atoms with van der Waals surface area (Å²) in [5.41, 5.74) is 3.11. The molecule has 32 heavy (non-hydrogen) atoms. The fourth-order valence-corrected chi connectivity index (χ4v) is 3.14. The lowest BCUT2D eigenvalue weighted by atomic mass is 10.3. The molecular weight excluding hydrogens is 408 g/mol. The minimum atomic E-state index is -0.394. The van der Waals surface area contributed by atoms with Crippen molar-refractivity contribution in [3.63, 3.8) is 0 Å². The van der Waals surface area contributed by atoms with Gasteiger partial charge in [0.1, 0.15) is 23.8 Å². The maximum atomic E-state index is 12.3. The Hall–Kier alpha value is -4.33. The molecule has 0 aliphatic carbocycles. The normalized spacial score (nSPS) is 10.6. The van der Waals surface area contributed by atoms with Crippen molar-refractivity contribution in [3.05, 3.63) is 94.5 Å². The summed E-state index contributed by atoms with van der Waals surface area (Å²) < 4.78 is 12.4. The van der Waals surface area contributed by atoms with Crippen LogP contribution in [0.3, 0.4) is 0 Å². The largest absolute Gasteiger partial charge is 0.497 e. The Labute approximate surface area is 184 Å². The van der Waals surface area contributed by atoms with Crippen molar-refractivity contribution in [2.75, 3.05) is 17.7 Å². The third kappa shape index (κ3) is 5.04.